The number of hydrazine groups is 1. The lowest BCUT2D eigenvalue weighted by Crippen LogP contribution is -2.52. The number of halogens is 4. The monoisotopic (exact) mass is 768 g/mol. The van der Waals surface area contributed by atoms with Crippen LogP contribution in [0.4, 0.5) is 0 Å². The summed E-state index contributed by atoms with van der Waals surface area (Å²) in [5, 5.41) is 2.44. The van der Waals surface area contributed by atoms with Gasteiger partial charge in [-0.05, 0) is 82.9 Å². The van der Waals surface area contributed by atoms with Gasteiger partial charge in [-0.3, -0.25) is 19.2 Å². The van der Waals surface area contributed by atoms with Crippen LogP contribution in [0.15, 0.2) is 109 Å². The third-order valence-corrected chi connectivity index (χ3v) is 11.0. The second-order valence-corrected chi connectivity index (χ2v) is 14.4. The Morgan fingerprint density at radius 1 is 0.615 bits per heavy atom. The van der Waals surface area contributed by atoms with Gasteiger partial charge in [0.15, 0.2) is 5.78 Å². The van der Waals surface area contributed by atoms with Crippen molar-refractivity contribution in [3.8, 4) is 5.75 Å². The first-order valence-corrected chi connectivity index (χ1v) is 17.7. The molecule has 2 atom stereocenters. The lowest BCUT2D eigenvalue weighted by molar-refractivity contribution is -0.154. The highest BCUT2D eigenvalue weighted by Gasteiger charge is 2.63. The Labute approximate surface area is 317 Å². The Hall–Kier alpha value is -4.99. The second-order valence-electron chi connectivity index (χ2n) is 12.7. The minimum Gasteiger partial charge on any atom is -0.423 e. The molecule has 1 saturated heterocycles. The van der Waals surface area contributed by atoms with E-state index in [1.807, 2.05) is 48.5 Å². The molecule has 9 rings (SSSR count). The fourth-order valence-corrected chi connectivity index (χ4v) is 8.66. The number of esters is 1. The minimum absolute atomic E-state index is 0.0155. The Balaban J connectivity index is 1.12. The summed E-state index contributed by atoms with van der Waals surface area (Å²) in [5.41, 5.74) is 4.02. The first-order chi connectivity index (χ1) is 25.0. The lowest BCUT2D eigenvalue weighted by Gasteiger charge is -2.45. The molecule has 4 aliphatic rings. The van der Waals surface area contributed by atoms with Crippen LogP contribution in [-0.2, 0) is 9.59 Å². The molecule has 3 aliphatic carbocycles. The number of nitrogens with zero attached hydrogens (tertiary/aromatic N) is 2. The Bertz CT molecular complexity index is 2250. The lowest BCUT2D eigenvalue weighted by atomic mass is 9.55. The summed E-state index contributed by atoms with van der Waals surface area (Å²) in [6.07, 6.45) is 0. The maximum atomic E-state index is 14.6. The van der Waals surface area contributed by atoms with Crippen molar-refractivity contribution in [2.75, 3.05) is 6.54 Å². The molecule has 5 aromatic rings. The van der Waals surface area contributed by atoms with Crippen molar-refractivity contribution in [3.05, 3.63) is 168 Å². The zero-order valence-corrected chi connectivity index (χ0v) is 29.8. The van der Waals surface area contributed by atoms with Gasteiger partial charge in [0, 0.05) is 27.4 Å². The van der Waals surface area contributed by atoms with Crippen LogP contribution in [-0.4, -0.2) is 46.0 Å². The fourth-order valence-electron chi connectivity index (χ4n) is 7.69. The molecule has 1 aliphatic heterocycles. The first kappa shape index (κ1) is 34.1. The summed E-state index contributed by atoms with van der Waals surface area (Å²) >= 11 is 24.7. The topological polar surface area (TPSA) is 101 Å². The number of hydrogen-bond donors (Lipinski definition) is 0. The molecular formula is C40H24Cl4N2O6. The second kappa shape index (κ2) is 13.2. The van der Waals surface area contributed by atoms with E-state index in [-0.39, 0.29) is 37.5 Å². The van der Waals surface area contributed by atoms with Crippen molar-refractivity contribution in [2.45, 2.75) is 11.8 Å². The molecule has 0 aromatic heterocycles. The molecule has 52 heavy (non-hydrogen) atoms. The van der Waals surface area contributed by atoms with Crippen molar-refractivity contribution < 1.29 is 28.7 Å². The average Bonchev–Trinajstić information content (AvgIpc) is 3.39. The number of benzene rings is 5. The highest BCUT2D eigenvalue weighted by atomic mass is 35.5. The van der Waals surface area contributed by atoms with Crippen LogP contribution in [0, 0.1) is 11.8 Å². The number of carbonyl (C=O) groups excluding carboxylic acids is 5. The molecule has 0 spiro atoms. The standard InChI is InChI=1S/C40H24Cl4N2O6/c41-21-11-15-28(30(43)17-21)37(48)45(19-32(47)20-9-13-23(14-10-20)52-40(51)29-16-12-22(42)18-31(29)44)46-38(49)35-33-24-5-1-2-6-25(24)34(36(35)39(46)50)27-8-4-3-7-26(27)33/h1-18,33-36H,19H2/t33?,34?,35-,36-/m1/s1. The predicted molar refractivity (Wildman–Crippen MR) is 195 cm³/mol. The Kier molecular flexibility index (Phi) is 8.66. The molecule has 1 fully saturated rings. The Morgan fingerprint density at radius 2 is 1.08 bits per heavy atom. The van der Waals surface area contributed by atoms with Crippen LogP contribution in [0.2, 0.25) is 20.1 Å². The number of ketones is 1. The van der Waals surface area contributed by atoms with Crippen LogP contribution >= 0.6 is 46.4 Å². The molecular weight excluding hydrogens is 746 g/mol. The number of hydrogen-bond acceptors (Lipinski definition) is 6. The molecule has 5 aromatic carbocycles. The molecule has 0 saturated carbocycles. The fraction of sp³-hybridized carbons (Fsp3) is 0.125. The van der Waals surface area contributed by atoms with Gasteiger partial charge in [0.2, 0.25) is 0 Å². The average molecular weight is 770 g/mol. The highest BCUT2D eigenvalue weighted by Crippen LogP contribution is 2.61. The van der Waals surface area contributed by atoms with E-state index in [1.54, 1.807) is 0 Å². The Morgan fingerprint density at radius 3 is 1.54 bits per heavy atom. The summed E-state index contributed by atoms with van der Waals surface area (Å²) < 4.78 is 5.43. The van der Waals surface area contributed by atoms with E-state index in [0.717, 1.165) is 32.3 Å². The van der Waals surface area contributed by atoms with Crippen LogP contribution in [0.5, 0.6) is 5.75 Å². The molecule has 1 heterocycles. The molecule has 2 bridgehead atoms. The summed E-state index contributed by atoms with van der Waals surface area (Å²) in [6, 6.07) is 29.7. The zero-order valence-electron chi connectivity index (χ0n) is 26.8. The summed E-state index contributed by atoms with van der Waals surface area (Å²) in [5.74, 6) is -5.63. The van der Waals surface area contributed by atoms with Gasteiger partial charge in [-0.15, -0.1) is 0 Å². The van der Waals surface area contributed by atoms with Gasteiger partial charge in [0.05, 0.1) is 33.0 Å². The molecule has 3 amide bonds. The van der Waals surface area contributed by atoms with E-state index in [1.165, 1.54) is 60.7 Å². The van der Waals surface area contributed by atoms with Crippen molar-refractivity contribution >= 4 is 75.9 Å². The van der Waals surface area contributed by atoms with E-state index in [0.29, 0.717) is 5.02 Å². The zero-order chi connectivity index (χ0) is 36.4. The number of rotatable bonds is 7. The normalized spacial score (nSPS) is 19.5. The molecule has 258 valence electrons. The molecule has 8 nitrogen and oxygen atoms in total. The number of amides is 3. The van der Waals surface area contributed by atoms with E-state index >= 15 is 0 Å². The number of imide groups is 1. The maximum absolute atomic E-state index is 14.6. The predicted octanol–water partition coefficient (Wildman–Crippen LogP) is 8.65. The van der Waals surface area contributed by atoms with Crippen molar-refractivity contribution in [2.24, 2.45) is 11.8 Å². The van der Waals surface area contributed by atoms with Gasteiger partial charge in [-0.25, -0.2) is 9.80 Å². The van der Waals surface area contributed by atoms with Crippen molar-refractivity contribution in [1.29, 1.82) is 0 Å². The summed E-state index contributed by atoms with van der Waals surface area (Å²) in [7, 11) is 0. The quantitative estimate of drug-likeness (QED) is 0.0711. The third kappa shape index (κ3) is 5.58. The summed E-state index contributed by atoms with van der Waals surface area (Å²) in [6.45, 7) is -0.677. The summed E-state index contributed by atoms with van der Waals surface area (Å²) in [4.78, 5) is 70.1. The molecule has 0 radical (unpaired) electrons. The van der Waals surface area contributed by atoms with Crippen LogP contribution in [0.25, 0.3) is 0 Å². The van der Waals surface area contributed by atoms with Gasteiger partial charge in [0.25, 0.3) is 17.7 Å². The first-order valence-electron chi connectivity index (χ1n) is 16.2. The van der Waals surface area contributed by atoms with Crippen LogP contribution in [0.1, 0.15) is 65.2 Å². The molecule has 0 unspecified atom stereocenters. The van der Waals surface area contributed by atoms with E-state index in [9.17, 15) is 24.0 Å². The third-order valence-electron chi connectivity index (χ3n) is 9.89. The van der Waals surface area contributed by atoms with Crippen LogP contribution in [0.3, 0.4) is 0 Å². The van der Waals surface area contributed by atoms with Crippen LogP contribution < -0.4 is 4.74 Å². The van der Waals surface area contributed by atoms with Crippen molar-refractivity contribution in [1.82, 2.24) is 10.0 Å². The number of carbonyl (C=O) groups is 5. The molecule has 0 N–H and O–H groups in total. The van der Waals surface area contributed by atoms with Crippen molar-refractivity contribution in [3.63, 3.8) is 0 Å². The van der Waals surface area contributed by atoms with Gasteiger partial charge >= 0.3 is 5.97 Å². The van der Waals surface area contributed by atoms with E-state index in [2.05, 4.69) is 0 Å². The maximum Gasteiger partial charge on any atom is 0.345 e. The van der Waals surface area contributed by atoms with Gasteiger partial charge in [0.1, 0.15) is 12.3 Å². The number of ether oxygens (including phenoxy) is 1. The smallest absolute Gasteiger partial charge is 0.345 e. The van der Waals surface area contributed by atoms with E-state index in [4.69, 9.17) is 51.1 Å². The number of Topliss-reactive ketones (excluding diaryl/α,β-unsaturated/α-hetero) is 1. The highest BCUT2D eigenvalue weighted by molar-refractivity contribution is 6.37. The largest absolute Gasteiger partial charge is 0.423 e. The minimum atomic E-state index is -0.830. The van der Waals surface area contributed by atoms with Gasteiger partial charge < -0.3 is 4.74 Å². The van der Waals surface area contributed by atoms with Gasteiger partial charge in [-0.2, -0.15) is 5.01 Å². The SMILES string of the molecule is O=C(CN(C(=O)c1ccc(Cl)cc1Cl)N1C(=O)[C@@H]2C3c4ccccc4C(c4ccccc43)[C@H]2C1=O)c1ccc(OC(=O)c2ccc(Cl)cc2Cl)cc1. The molecule has 12 heteroatoms. The van der Waals surface area contributed by atoms with Gasteiger partial charge in [-0.1, -0.05) is 94.9 Å². The van der Waals surface area contributed by atoms with E-state index < -0.39 is 59.7 Å².